The molecular weight excluding hydrogens is 300 g/mol. The first kappa shape index (κ1) is 17.2. The van der Waals surface area contributed by atoms with Crippen LogP contribution in [0.2, 0.25) is 0 Å². The number of sulfonamides is 1. The molecule has 1 aromatic rings. The second kappa shape index (κ2) is 5.86. The second-order valence-electron chi connectivity index (χ2n) is 5.31. The number of hydrogen-bond acceptors (Lipinski definition) is 5. The number of rotatable bonds is 6. The van der Waals surface area contributed by atoms with Gasteiger partial charge in [-0.3, -0.25) is 9.59 Å². The molecule has 1 amide bonds. The molecule has 118 valence electrons. The first-order valence-corrected chi connectivity index (χ1v) is 7.46. The van der Waals surface area contributed by atoms with Crippen LogP contribution in [0, 0.1) is 0 Å². The Morgan fingerprint density at radius 1 is 1.33 bits per heavy atom. The number of nitrogens with one attached hydrogen (secondary N) is 1. The van der Waals surface area contributed by atoms with E-state index in [1.807, 2.05) is 0 Å². The van der Waals surface area contributed by atoms with Crippen LogP contribution >= 0.6 is 0 Å². The molecule has 21 heavy (non-hydrogen) atoms. The molecule has 1 heterocycles. The minimum Gasteiger partial charge on any atom is -0.481 e. The van der Waals surface area contributed by atoms with Gasteiger partial charge in [-0.2, -0.15) is 0 Å². The van der Waals surface area contributed by atoms with Gasteiger partial charge in [0.2, 0.25) is 5.09 Å². The van der Waals surface area contributed by atoms with Gasteiger partial charge in [-0.1, -0.05) is 0 Å². The average Bonchev–Trinajstić information content (AvgIpc) is 2.75. The first-order chi connectivity index (χ1) is 9.45. The molecule has 0 unspecified atom stereocenters. The number of carboxylic acids is 1. The van der Waals surface area contributed by atoms with E-state index in [4.69, 9.17) is 9.52 Å². The molecule has 0 aliphatic carbocycles. The number of amides is 1. The monoisotopic (exact) mass is 318 g/mol. The summed E-state index contributed by atoms with van der Waals surface area (Å²) in [7, 11) is -1.08. The zero-order valence-electron chi connectivity index (χ0n) is 12.2. The molecular formula is C12H18N2O6S. The summed E-state index contributed by atoms with van der Waals surface area (Å²) in [4.78, 5) is 22.6. The summed E-state index contributed by atoms with van der Waals surface area (Å²) in [6, 6.07) is 2.40. The van der Waals surface area contributed by atoms with Gasteiger partial charge in [0, 0.05) is 19.6 Å². The van der Waals surface area contributed by atoms with Gasteiger partial charge in [0.1, 0.15) is 0 Å². The largest absolute Gasteiger partial charge is 0.481 e. The summed E-state index contributed by atoms with van der Waals surface area (Å²) >= 11 is 0. The number of aliphatic carboxylic acids is 1. The van der Waals surface area contributed by atoms with Crippen molar-refractivity contribution >= 4 is 21.9 Å². The van der Waals surface area contributed by atoms with Crippen LogP contribution in [0.4, 0.5) is 0 Å². The molecule has 1 aromatic heterocycles. The Morgan fingerprint density at radius 3 is 2.38 bits per heavy atom. The molecule has 0 aliphatic heterocycles. The Labute approximate surface area is 122 Å². The summed E-state index contributed by atoms with van der Waals surface area (Å²) in [6.07, 6.45) is -0.275. The average molecular weight is 318 g/mol. The van der Waals surface area contributed by atoms with E-state index in [0.717, 1.165) is 4.31 Å². The van der Waals surface area contributed by atoms with Crippen LogP contribution in [0.5, 0.6) is 0 Å². The van der Waals surface area contributed by atoms with Crippen LogP contribution in [0.15, 0.2) is 21.6 Å². The molecule has 0 spiro atoms. The van der Waals surface area contributed by atoms with Crippen molar-refractivity contribution in [1.82, 2.24) is 9.62 Å². The number of carboxylic acid groups (broad SMARTS) is 1. The number of carbonyl (C=O) groups is 2. The fourth-order valence-electron chi connectivity index (χ4n) is 1.55. The zero-order valence-corrected chi connectivity index (χ0v) is 13.0. The Bertz CT molecular complexity index is 644. The van der Waals surface area contributed by atoms with Gasteiger partial charge < -0.3 is 14.8 Å². The number of furan rings is 1. The Kier molecular flexibility index (Phi) is 4.79. The molecule has 0 radical (unpaired) electrons. The fraction of sp³-hybridized carbons (Fsp3) is 0.500. The van der Waals surface area contributed by atoms with E-state index in [1.165, 1.54) is 26.2 Å². The highest BCUT2D eigenvalue weighted by Gasteiger charge is 2.28. The van der Waals surface area contributed by atoms with E-state index in [1.54, 1.807) is 13.8 Å². The van der Waals surface area contributed by atoms with Gasteiger partial charge in [-0.25, -0.2) is 12.7 Å². The normalized spacial score (nSPS) is 12.4. The van der Waals surface area contributed by atoms with Crippen LogP contribution in [-0.2, 0) is 14.8 Å². The highest BCUT2D eigenvalue weighted by Crippen LogP contribution is 2.18. The molecule has 9 heteroatoms. The molecule has 2 N–H and O–H groups in total. The zero-order chi connectivity index (χ0) is 16.4. The minimum atomic E-state index is -3.76. The maximum absolute atomic E-state index is 11.9. The fourth-order valence-corrected chi connectivity index (χ4v) is 2.35. The highest BCUT2D eigenvalue weighted by atomic mass is 32.2. The van der Waals surface area contributed by atoms with Crippen molar-refractivity contribution in [2.45, 2.75) is 30.9 Å². The predicted molar refractivity (Wildman–Crippen MR) is 73.4 cm³/mol. The molecule has 0 bridgehead atoms. The standard InChI is InChI=1S/C12H18N2O6S/c1-12(2,7-9(15)16)13-11(17)8-5-6-10(20-8)21(18,19)14(3)4/h5-6H,7H2,1-4H3,(H,13,17)(H,15,16). The van der Waals surface area contributed by atoms with Gasteiger partial charge >= 0.3 is 5.97 Å². The van der Waals surface area contributed by atoms with Crippen LogP contribution in [-0.4, -0.2) is 49.3 Å². The lowest BCUT2D eigenvalue weighted by atomic mass is 10.0. The number of hydrogen-bond donors (Lipinski definition) is 2. The third-order valence-corrected chi connectivity index (χ3v) is 4.27. The lowest BCUT2D eigenvalue weighted by Crippen LogP contribution is -2.44. The summed E-state index contributed by atoms with van der Waals surface area (Å²) < 4.78 is 29.6. The molecule has 0 atom stereocenters. The highest BCUT2D eigenvalue weighted by molar-refractivity contribution is 7.88. The van der Waals surface area contributed by atoms with E-state index in [-0.39, 0.29) is 17.3 Å². The van der Waals surface area contributed by atoms with E-state index >= 15 is 0 Å². The van der Waals surface area contributed by atoms with Crippen LogP contribution in [0.1, 0.15) is 30.8 Å². The third-order valence-electron chi connectivity index (χ3n) is 2.59. The summed E-state index contributed by atoms with van der Waals surface area (Å²) in [5, 5.41) is 10.9. The molecule has 0 fully saturated rings. The minimum absolute atomic E-state index is 0.200. The Morgan fingerprint density at radius 2 is 1.90 bits per heavy atom. The van der Waals surface area contributed by atoms with Crippen molar-refractivity contribution < 1.29 is 27.5 Å². The van der Waals surface area contributed by atoms with Crippen LogP contribution in [0.25, 0.3) is 0 Å². The first-order valence-electron chi connectivity index (χ1n) is 6.02. The third kappa shape index (κ3) is 4.30. The molecule has 0 saturated carbocycles. The van der Waals surface area contributed by atoms with Gasteiger partial charge in [0.25, 0.3) is 15.9 Å². The summed E-state index contributed by atoms with van der Waals surface area (Å²) in [5.41, 5.74) is -0.990. The lowest BCUT2D eigenvalue weighted by Gasteiger charge is -2.23. The molecule has 1 rings (SSSR count). The van der Waals surface area contributed by atoms with E-state index in [2.05, 4.69) is 5.32 Å². The van der Waals surface area contributed by atoms with Crippen molar-refractivity contribution in [3.05, 3.63) is 17.9 Å². The van der Waals surface area contributed by atoms with Gasteiger partial charge in [-0.15, -0.1) is 0 Å². The summed E-state index contributed by atoms with van der Waals surface area (Å²) in [5.74, 6) is -1.94. The SMILES string of the molecule is CN(C)S(=O)(=O)c1ccc(C(=O)NC(C)(C)CC(=O)O)o1. The van der Waals surface area contributed by atoms with Gasteiger partial charge in [-0.05, 0) is 26.0 Å². The molecule has 0 saturated heterocycles. The summed E-state index contributed by atoms with van der Waals surface area (Å²) in [6.45, 7) is 3.08. The van der Waals surface area contributed by atoms with Crippen LogP contribution in [0.3, 0.4) is 0 Å². The molecule has 0 aliphatic rings. The van der Waals surface area contributed by atoms with Crippen molar-refractivity contribution in [3.8, 4) is 0 Å². The van der Waals surface area contributed by atoms with Crippen molar-refractivity contribution in [1.29, 1.82) is 0 Å². The van der Waals surface area contributed by atoms with Crippen molar-refractivity contribution in [3.63, 3.8) is 0 Å². The maximum Gasteiger partial charge on any atom is 0.305 e. The van der Waals surface area contributed by atoms with Gasteiger partial charge in [0.15, 0.2) is 5.76 Å². The topological polar surface area (TPSA) is 117 Å². The Hall–Kier alpha value is -1.87. The van der Waals surface area contributed by atoms with Crippen LogP contribution < -0.4 is 5.32 Å². The van der Waals surface area contributed by atoms with E-state index in [0.29, 0.717) is 0 Å². The van der Waals surface area contributed by atoms with Crippen molar-refractivity contribution in [2.24, 2.45) is 0 Å². The van der Waals surface area contributed by atoms with E-state index in [9.17, 15) is 18.0 Å². The van der Waals surface area contributed by atoms with E-state index < -0.39 is 27.4 Å². The molecule has 0 aromatic carbocycles. The maximum atomic E-state index is 11.9. The predicted octanol–water partition coefficient (Wildman–Crippen LogP) is 0.513. The smallest absolute Gasteiger partial charge is 0.305 e. The Balaban J connectivity index is 2.92. The quantitative estimate of drug-likeness (QED) is 0.789. The number of nitrogens with zero attached hydrogens (tertiary/aromatic N) is 1. The second-order valence-corrected chi connectivity index (χ2v) is 7.40. The molecule has 8 nitrogen and oxygen atoms in total. The lowest BCUT2D eigenvalue weighted by molar-refractivity contribution is -0.138. The van der Waals surface area contributed by atoms with Gasteiger partial charge in [0.05, 0.1) is 6.42 Å². The number of carbonyl (C=O) groups excluding carboxylic acids is 1. The van der Waals surface area contributed by atoms with Crippen molar-refractivity contribution in [2.75, 3.05) is 14.1 Å².